The second kappa shape index (κ2) is 9.03. The minimum atomic E-state index is -0.273. The molecule has 1 heterocycles. The normalized spacial score (nSPS) is 14.2. The summed E-state index contributed by atoms with van der Waals surface area (Å²) in [7, 11) is 1.61. The average molecular weight is 364 g/mol. The summed E-state index contributed by atoms with van der Waals surface area (Å²) in [5.41, 5.74) is 1.96. The van der Waals surface area contributed by atoms with E-state index in [1.54, 1.807) is 25.3 Å². The molecule has 1 N–H and O–H groups in total. The molecule has 0 saturated carbocycles. The second-order valence-electron chi connectivity index (χ2n) is 6.49. The molecule has 0 radical (unpaired) electrons. The van der Waals surface area contributed by atoms with Crippen molar-refractivity contribution in [2.45, 2.75) is 19.3 Å². The molecule has 0 spiro atoms. The maximum Gasteiger partial charge on any atom is 0.255 e. The molecular weight excluding hydrogens is 340 g/mol. The van der Waals surface area contributed by atoms with Gasteiger partial charge in [0.1, 0.15) is 5.75 Å². The molecule has 2 aromatic rings. The van der Waals surface area contributed by atoms with E-state index in [0.29, 0.717) is 11.3 Å². The van der Waals surface area contributed by atoms with Crippen LogP contribution in [0.15, 0.2) is 54.6 Å². The number of ether oxygens (including phenoxy) is 1. The van der Waals surface area contributed by atoms with Crippen LogP contribution in [0.5, 0.6) is 5.75 Å². The number of carbonyl (C=O) groups is 2. The summed E-state index contributed by atoms with van der Waals surface area (Å²) in [4.78, 5) is 27.0. The lowest BCUT2D eigenvalue weighted by atomic mass is 10.1. The van der Waals surface area contributed by atoms with Crippen molar-refractivity contribution in [3.63, 3.8) is 0 Å². The zero-order chi connectivity index (χ0) is 19.1. The molecule has 0 aromatic heterocycles. The molecule has 2 amide bonds. The molecule has 5 nitrogen and oxygen atoms in total. The predicted octanol–water partition coefficient (Wildman–Crippen LogP) is 3.97. The van der Waals surface area contributed by atoms with E-state index in [2.05, 4.69) is 5.32 Å². The Morgan fingerprint density at radius 3 is 2.41 bits per heavy atom. The van der Waals surface area contributed by atoms with E-state index < -0.39 is 0 Å². The number of hydrogen-bond donors (Lipinski definition) is 1. The summed E-state index contributed by atoms with van der Waals surface area (Å²) in [5, 5.41) is 2.83. The SMILES string of the molecule is COc1ccc(C=CC(=O)Nc2ccccc2C(=O)N2CCCCC2)cc1. The van der Waals surface area contributed by atoms with Gasteiger partial charge in [-0.05, 0) is 55.2 Å². The Kier molecular flexibility index (Phi) is 6.26. The van der Waals surface area contributed by atoms with Crippen LogP contribution in [-0.4, -0.2) is 36.9 Å². The first-order chi connectivity index (χ1) is 13.2. The van der Waals surface area contributed by atoms with E-state index in [-0.39, 0.29) is 11.8 Å². The Bertz CT molecular complexity index is 822. The molecule has 0 unspecified atom stereocenters. The van der Waals surface area contributed by atoms with Gasteiger partial charge in [0.2, 0.25) is 5.91 Å². The molecule has 1 aliphatic rings. The van der Waals surface area contributed by atoms with Crippen molar-refractivity contribution in [1.82, 2.24) is 4.90 Å². The van der Waals surface area contributed by atoms with Crippen LogP contribution in [0.1, 0.15) is 35.2 Å². The number of anilines is 1. The molecule has 1 fully saturated rings. The Balaban J connectivity index is 1.68. The van der Waals surface area contributed by atoms with Crippen LogP contribution in [-0.2, 0) is 4.79 Å². The fourth-order valence-electron chi connectivity index (χ4n) is 3.11. The highest BCUT2D eigenvalue weighted by atomic mass is 16.5. The lowest BCUT2D eigenvalue weighted by molar-refractivity contribution is -0.111. The third-order valence-electron chi connectivity index (χ3n) is 4.60. The molecule has 0 bridgehead atoms. The third kappa shape index (κ3) is 4.97. The Labute approximate surface area is 159 Å². The zero-order valence-electron chi connectivity index (χ0n) is 15.5. The molecule has 0 aliphatic carbocycles. The van der Waals surface area contributed by atoms with Crippen LogP contribution in [0.4, 0.5) is 5.69 Å². The molecule has 27 heavy (non-hydrogen) atoms. The summed E-state index contributed by atoms with van der Waals surface area (Å²) < 4.78 is 5.12. The van der Waals surface area contributed by atoms with Crippen molar-refractivity contribution in [3.8, 4) is 5.75 Å². The lowest BCUT2D eigenvalue weighted by Gasteiger charge is -2.27. The van der Waals surface area contributed by atoms with Gasteiger partial charge in [-0.2, -0.15) is 0 Å². The van der Waals surface area contributed by atoms with E-state index in [0.717, 1.165) is 43.7 Å². The highest BCUT2D eigenvalue weighted by Gasteiger charge is 2.20. The van der Waals surface area contributed by atoms with Crippen molar-refractivity contribution in [1.29, 1.82) is 0 Å². The molecule has 140 valence electrons. The topological polar surface area (TPSA) is 58.6 Å². The van der Waals surface area contributed by atoms with Crippen LogP contribution in [0.3, 0.4) is 0 Å². The van der Waals surface area contributed by atoms with Crippen LogP contribution in [0, 0.1) is 0 Å². The van der Waals surface area contributed by atoms with Gasteiger partial charge >= 0.3 is 0 Å². The number of amides is 2. The highest BCUT2D eigenvalue weighted by Crippen LogP contribution is 2.20. The summed E-state index contributed by atoms with van der Waals surface area (Å²) in [6.45, 7) is 1.55. The van der Waals surface area contributed by atoms with E-state index in [1.807, 2.05) is 41.3 Å². The third-order valence-corrected chi connectivity index (χ3v) is 4.60. The number of benzene rings is 2. The zero-order valence-corrected chi connectivity index (χ0v) is 15.5. The van der Waals surface area contributed by atoms with Gasteiger partial charge in [-0.15, -0.1) is 0 Å². The average Bonchev–Trinajstić information content (AvgIpc) is 2.73. The minimum absolute atomic E-state index is 0.0234. The molecular formula is C22H24N2O3. The largest absolute Gasteiger partial charge is 0.497 e. The number of nitrogens with zero attached hydrogens (tertiary/aromatic N) is 1. The summed E-state index contributed by atoms with van der Waals surface area (Å²) in [5.74, 6) is 0.469. The van der Waals surface area contributed by atoms with Crippen LogP contribution >= 0.6 is 0 Å². The second-order valence-corrected chi connectivity index (χ2v) is 6.49. The number of methoxy groups -OCH3 is 1. The summed E-state index contributed by atoms with van der Waals surface area (Å²) in [6.07, 6.45) is 6.42. The van der Waals surface area contributed by atoms with Crippen molar-refractivity contribution in [3.05, 3.63) is 65.7 Å². The molecule has 3 rings (SSSR count). The standard InChI is InChI=1S/C22H24N2O3/c1-27-18-12-9-17(10-13-18)11-14-21(25)23-20-8-4-3-7-19(20)22(26)24-15-5-2-6-16-24/h3-4,7-14H,2,5-6,15-16H2,1H3,(H,23,25). The van der Waals surface area contributed by atoms with Crippen LogP contribution in [0.25, 0.3) is 6.08 Å². The lowest BCUT2D eigenvalue weighted by Crippen LogP contribution is -2.36. The number of piperidine rings is 1. The quantitative estimate of drug-likeness (QED) is 0.817. The summed E-state index contributed by atoms with van der Waals surface area (Å²) >= 11 is 0. The van der Waals surface area contributed by atoms with Gasteiger partial charge in [-0.3, -0.25) is 9.59 Å². The van der Waals surface area contributed by atoms with E-state index in [4.69, 9.17) is 4.74 Å². The van der Waals surface area contributed by atoms with Crippen molar-refractivity contribution in [2.24, 2.45) is 0 Å². The van der Waals surface area contributed by atoms with Gasteiger partial charge in [0, 0.05) is 19.2 Å². The minimum Gasteiger partial charge on any atom is -0.497 e. The number of carbonyl (C=O) groups excluding carboxylic acids is 2. The van der Waals surface area contributed by atoms with E-state index >= 15 is 0 Å². The van der Waals surface area contributed by atoms with Gasteiger partial charge in [0.15, 0.2) is 0 Å². The first-order valence-electron chi connectivity index (χ1n) is 9.19. The fourth-order valence-corrected chi connectivity index (χ4v) is 3.11. The van der Waals surface area contributed by atoms with Crippen LogP contribution in [0.2, 0.25) is 0 Å². The van der Waals surface area contributed by atoms with Crippen LogP contribution < -0.4 is 10.1 Å². The van der Waals surface area contributed by atoms with Gasteiger partial charge in [0.25, 0.3) is 5.91 Å². The Morgan fingerprint density at radius 1 is 1.00 bits per heavy atom. The highest BCUT2D eigenvalue weighted by molar-refractivity contribution is 6.07. The van der Waals surface area contributed by atoms with E-state index in [9.17, 15) is 9.59 Å². The Morgan fingerprint density at radius 2 is 1.70 bits per heavy atom. The fraction of sp³-hybridized carbons (Fsp3) is 0.273. The number of para-hydroxylation sites is 1. The molecule has 5 heteroatoms. The van der Waals surface area contributed by atoms with Crippen molar-refractivity contribution >= 4 is 23.6 Å². The number of hydrogen-bond acceptors (Lipinski definition) is 3. The van der Waals surface area contributed by atoms with Gasteiger partial charge < -0.3 is 15.0 Å². The molecule has 2 aromatic carbocycles. The van der Waals surface area contributed by atoms with Gasteiger partial charge in [-0.25, -0.2) is 0 Å². The number of rotatable bonds is 5. The number of nitrogens with one attached hydrogen (secondary N) is 1. The monoisotopic (exact) mass is 364 g/mol. The molecule has 1 saturated heterocycles. The smallest absolute Gasteiger partial charge is 0.255 e. The molecule has 0 atom stereocenters. The van der Waals surface area contributed by atoms with E-state index in [1.165, 1.54) is 6.08 Å². The first kappa shape index (κ1) is 18.7. The van der Waals surface area contributed by atoms with Crippen molar-refractivity contribution < 1.29 is 14.3 Å². The van der Waals surface area contributed by atoms with Crippen molar-refractivity contribution in [2.75, 3.05) is 25.5 Å². The number of likely N-dealkylation sites (tertiary alicyclic amines) is 1. The maximum atomic E-state index is 12.8. The maximum absolute atomic E-state index is 12.8. The van der Waals surface area contributed by atoms with Gasteiger partial charge in [0.05, 0.1) is 18.4 Å². The summed E-state index contributed by atoms with van der Waals surface area (Å²) in [6, 6.07) is 14.6. The first-order valence-corrected chi connectivity index (χ1v) is 9.19. The Hall–Kier alpha value is -3.08. The van der Waals surface area contributed by atoms with Gasteiger partial charge in [-0.1, -0.05) is 24.3 Å². The molecule has 1 aliphatic heterocycles. The predicted molar refractivity (Wildman–Crippen MR) is 107 cm³/mol.